The number of hydrogen-bond donors (Lipinski definition) is 3. The second-order valence-corrected chi connectivity index (χ2v) is 7.36. The zero-order valence-electron chi connectivity index (χ0n) is 11.9. The fraction of sp³-hybridized carbons (Fsp3) is 0.500. The summed E-state index contributed by atoms with van der Waals surface area (Å²) < 4.78 is 26.9. The van der Waals surface area contributed by atoms with Crippen LogP contribution in [0.5, 0.6) is 0 Å². The SMILES string of the molecule is Cc1ccc(S(=O)(=O)NCC2(O)CCCC2)cc1C(N)=O. The standard InChI is InChI=1S/C14H20N2O4S/c1-10-4-5-11(8-12(10)13(15)17)21(19,20)16-9-14(18)6-2-3-7-14/h4-5,8,16,18H,2-3,6-7,9H2,1H3,(H2,15,17). The molecule has 0 heterocycles. The van der Waals surface area contributed by atoms with Crippen LogP contribution in [0.25, 0.3) is 0 Å². The molecule has 1 aliphatic rings. The summed E-state index contributed by atoms with van der Waals surface area (Å²) >= 11 is 0. The molecule has 1 aliphatic carbocycles. The first kappa shape index (κ1) is 15.9. The first-order chi connectivity index (χ1) is 9.73. The van der Waals surface area contributed by atoms with Gasteiger partial charge in [-0.05, 0) is 37.5 Å². The van der Waals surface area contributed by atoms with E-state index in [2.05, 4.69) is 4.72 Å². The van der Waals surface area contributed by atoms with Gasteiger partial charge < -0.3 is 10.8 Å². The summed E-state index contributed by atoms with van der Waals surface area (Å²) in [5.74, 6) is -0.668. The summed E-state index contributed by atoms with van der Waals surface area (Å²) in [6, 6.07) is 4.22. The highest BCUT2D eigenvalue weighted by Gasteiger charge is 2.32. The minimum atomic E-state index is -3.78. The van der Waals surface area contributed by atoms with Gasteiger partial charge in [0, 0.05) is 12.1 Å². The molecule has 0 unspecified atom stereocenters. The van der Waals surface area contributed by atoms with E-state index in [1.54, 1.807) is 13.0 Å². The number of benzene rings is 1. The number of sulfonamides is 1. The number of aryl methyl sites for hydroxylation is 1. The van der Waals surface area contributed by atoms with Crippen molar-refractivity contribution in [3.8, 4) is 0 Å². The van der Waals surface area contributed by atoms with Crippen molar-refractivity contribution in [1.82, 2.24) is 4.72 Å². The van der Waals surface area contributed by atoms with Crippen molar-refractivity contribution in [1.29, 1.82) is 0 Å². The highest BCUT2D eigenvalue weighted by Crippen LogP contribution is 2.29. The molecule has 0 atom stereocenters. The summed E-state index contributed by atoms with van der Waals surface area (Å²) in [6.45, 7) is 1.67. The van der Waals surface area contributed by atoms with Gasteiger partial charge in [-0.15, -0.1) is 0 Å². The van der Waals surface area contributed by atoms with E-state index in [-0.39, 0.29) is 17.0 Å². The van der Waals surface area contributed by atoms with Crippen LogP contribution in [0.1, 0.15) is 41.6 Å². The minimum absolute atomic E-state index is 0.0187. The monoisotopic (exact) mass is 312 g/mol. The average Bonchev–Trinajstić information content (AvgIpc) is 2.84. The Morgan fingerprint density at radius 2 is 2.00 bits per heavy atom. The van der Waals surface area contributed by atoms with Gasteiger partial charge in [0.2, 0.25) is 15.9 Å². The lowest BCUT2D eigenvalue weighted by molar-refractivity contribution is 0.0531. The predicted octanol–water partition coefficient (Wildman–Crippen LogP) is 0.677. The molecule has 0 radical (unpaired) electrons. The molecule has 6 nitrogen and oxygen atoms in total. The van der Waals surface area contributed by atoms with Crippen LogP contribution >= 0.6 is 0 Å². The number of hydrogen-bond acceptors (Lipinski definition) is 4. The Kier molecular flexibility index (Phi) is 4.36. The van der Waals surface area contributed by atoms with E-state index in [0.29, 0.717) is 18.4 Å². The van der Waals surface area contributed by atoms with Crippen LogP contribution in [0.4, 0.5) is 0 Å². The molecule has 1 amide bonds. The van der Waals surface area contributed by atoms with Crippen molar-refractivity contribution >= 4 is 15.9 Å². The topological polar surface area (TPSA) is 109 Å². The second kappa shape index (κ2) is 5.75. The summed E-state index contributed by atoms with van der Waals surface area (Å²) in [5.41, 5.74) is 5.06. The maximum atomic E-state index is 12.2. The summed E-state index contributed by atoms with van der Waals surface area (Å²) in [7, 11) is -3.78. The Bertz CT molecular complexity index is 649. The first-order valence-corrected chi connectivity index (χ1v) is 8.34. The van der Waals surface area contributed by atoms with Crippen molar-refractivity contribution in [2.24, 2.45) is 5.73 Å². The Labute approximate surface area is 124 Å². The van der Waals surface area contributed by atoms with Gasteiger partial charge in [-0.3, -0.25) is 4.79 Å². The lowest BCUT2D eigenvalue weighted by atomic mass is 10.0. The lowest BCUT2D eigenvalue weighted by Gasteiger charge is -2.22. The van der Waals surface area contributed by atoms with Crippen molar-refractivity contribution < 1.29 is 18.3 Å². The van der Waals surface area contributed by atoms with E-state index in [0.717, 1.165) is 12.8 Å². The zero-order valence-corrected chi connectivity index (χ0v) is 12.7. The second-order valence-electron chi connectivity index (χ2n) is 5.60. The number of nitrogens with one attached hydrogen (secondary N) is 1. The maximum absolute atomic E-state index is 12.2. The molecule has 0 bridgehead atoms. The molecule has 1 saturated carbocycles. The van der Waals surface area contributed by atoms with E-state index in [1.165, 1.54) is 12.1 Å². The van der Waals surface area contributed by atoms with Gasteiger partial charge in [0.1, 0.15) is 0 Å². The number of carbonyl (C=O) groups is 1. The number of primary amides is 1. The fourth-order valence-electron chi connectivity index (χ4n) is 2.56. The van der Waals surface area contributed by atoms with Gasteiger partial charge in [0.05, 0.1) is 10.5 Å². The minimum Gasteiger partial charge on any atom is -0.389 e. The van der Waals surface area contributed by atoms with Crippen LogP contribution in [0, 0.1) is 6.92 Å². The molecule has 1 aromatic rings. The molecule has 2 rings (SSSR count). The van der Waals surface area contributed by atoms with Gasteiger partial charge in [0.15, 0.2) is 0 Å². The largest absolute Gasteiger partial charge is 0.389 e. The molecule has 7 heteroatoms. The van der Waals surface area contributed by atoms with Crippen molar-refractivity contribution in [2.75, 3.05) is 6.54 Å². The summed E-state index contributed by atoms with van der Waals surface area (Å²) in [5, 5.41) is 10.2. The molecule has 21 heavy (non-hydrogen) atoms. The van der Waals surface area contributed by atoms with E-state index < -0.39 is 21.5 Å². The molecular weight excluding hydrogens is 292 g/mol. The van der Waals surface area contributed by atoms with Crippen molar-refractivity contribution in [3.63, 3.8) is 0 Å². The molecule has 1 fully saturated rings. The van der Waals surface area contributed by atoms with E-state index in [1.807, 2.05) is 0 Å². The van der Waals surface area contributed by atoms with Gasteiger partial charge in [-0.2, -0.15) is 0 Å². The van der Waals surface area contributed by atoms with Crippen LogP contribution in [-0.2, 0) is 10.0 Å². The number of rotatable bonds is 5. The van der Waals surface area contributed by atoms with Gasteiger partial charge in [-0.25, -0.2) is 13.1 Å². The number of aliphatic hydroxyl groups is 1. The Hall–Kier alpha value is -1.44. The van der Waals surface area contributed by atoms with Crippen LogP contribution in [0.2, 0.25) is 0 Å². The third-order valence-corrected chi connectivity index (χ3v) is 5.31. The number of nitrogens with two attached hydrogens (primary N) is 1. The quantitative estimate of drug-likeness (QED) is 0.742. The summed E-state index contributed by atoms with van der Waals surface area (Å²) in [6.07, 6.45) is 2.98. The smallest absolute Gasteiger partial charge is 0.249 e. The molecule has 0 aliphatic heterocycles. The van der Waals surface area contributed by atoms with E-state index in [9.17, 15) is 18.3 Å². The molecule has 116 valence electrons. The van der Waals surface area contributed by atoms with E-state index >= 15 is 0 Å². The zero-order chi connectivity index (χ0) is 15.7. The molecule has 0 saturated heterocycles. The van der Waals surface area contributed by atoms with Crippen molar-refractivity contribution in [2.45, 2.75) is 43.1 Å². The molecule has 1 aromatic carbocycles. The Morgan fingerprint density at radius 1 is 1.38 bits per heavy atom. The number of amides is 1. The van der Waals surface area contributed by atoms with Gasteiger partial charge in [0.25, 0.3) is 0 Å². The van der Waals surface area contributed by atoms with Crippen molar-refractivity contribution in [3.05, 3.63) is 29.3 Å². The molecular formula is C14H20N2O4S. The molecule has 0 spiro atoms. The van der Waals surface area contributed by atoms with Crippen LogP contribution in [0.3, 0.4) is 0 Å². The van der Waals surface area contributed by atoms with Gasteiger partial charge in [-0.1, -0.05) is 18.9 Å². The molecule has 4 N–H and O–H groups in total. The lowest BCUT2D eigenvalue weighted by Crippen LogP contribution is -2.40. The third kappa shape index (κ3) is 3.61. The third-order valence-electron chi connectivity index (χ3n) is 3.91. The Morgan fingerprint density at radius 3 is 2.57 bits per heavy atom. The predicted molar refractivity (Wildman–Crippen MR) is 78.3 cm³/mol. The van der Waals surface area contributed by atoms with Crippen LogP contribution in [-0.4, -0.2) is 31.6 Å². The van der Waals surface area contributed by atoms with Crippen LogP contribution in [0.15, 0.2) is 23.1 Å². The van der Waals surface area contributed by atoms with Crippen LogP contribution < -0.4 is 10.5 Å². The fourth-order valence-corrected chi connectivity index (χ4v) is 3.70. The summed E-state index contributed by atoms with van der Waals surface area (Å²) in [4.78, 5) is 11.3. The normalized spacial score (nSPS) is 17.8. The average molecular weight is 312 g/mol. The highest BCUT2D eigenvalue weighted by molar-refractivity contribution is 7.89. The van der Waals surface area contributed by atoms with E-state index in [4.69, 9.17) is 5.73 Å². The maximum Gasteiger partial charge on any atom is 0.249 e. The molecule has 0 aromatic heterocycles. The number of carbonyl (C=O) groups excluding carboxylic acids is 1. The Balaban J connectivity index is 2.19. The first-order valence-electron chi connectivity index (χ1n) is 6.86. The van der Waals surface area contributed by atoms with Gasteiger partial charge >= 0.3 is 0 Å². The highest BCUT2D eigenvalue weighted by atomic mass is 32.2.